The highest BCUT2D eigenvalue weighted by Crippen LogP contribution is 2.00. The van der Waals surface area contributed by atoms with Gasteiger partial charge < -0.3 is 15.3 Å². The summed E-state index contributed by atoms with van der Waals surface area (Å²) in [6.45, 7) is 2.10. The molecular formula is C22H32O4. The van der Waals surface area contributed by atoms with Gasteiger partial charge in [0.2, 0.25) is 0 Å². The number of aliphatic hydroxyl groups excluding tert-OH is 2. The molecule has 0 bridgehead atoms. The minimum atomic E-state index is -0.821. The lowest BCUT2D eigenvalue weighted by Crippen LogP contribution is -1.99. The zero-order valence-electron chi connectivity index (χ0n) is 15.6. The highest BCUT2D eigenvalue weighted by molar-refractivity contribution is 5.66. The van der Waals surface area contributed by atoms with Crippen molar-refractivity contribution >= 4 is 5.97 Å². The normalized spacial score (nSPS) is 15.5. The molecule has 0 aromatic carbocycles. The zero-order chi connectivity index (χ0) is 19.5. The number of aliphatic hydroxyl groups is 2. The number of carbonyl (C=O) groups is 1. The van der Waals surface area contributed by atoms with Crippen molar-refractivity contribution in [3.63, 3.8) is 0 Å². The molecule has 0 rings (SSSR count). The molecule has 0 saturated carbocycles. The molecule has 0 aliphatic carbocycles. The SMILES string of the molecule is CC/C=C\C/C=C\C[C@H](O)\C=C/C=C/C=C/[C@H](O)C/C=C\CCC(=O)O. The van der Waals surface area contributed by atoms with Gasteiger partial charge in [-0.15, -0.1) is 0 Å². The van der Waals surface area contributed by atoms with Crippen LogP contribution >= 0.6 is 0 Å². The Morgan fingerprint density at radius 1 is 0.808 bits per heavy atom. The lowest BCUT2D eigenvalue weighted by Gasteiger charge is -1.99. The summed E-state index contributed by atoms with van der Waals surface area (Å²) in [5.41, 5.74) is 0. The second-order valence-electron chi connectivity index (χ2n) is 5.75. The molecule has 0 saturated heterocycles. The van der Waals surface area contributed by atoms with Crippen LogP contribution in [0.25, 0.3) is 0 Å². The van der Waals surface area contributed by atoms with Gasteiger partial charge in [0.25, 0.3) is 0 Å². The van der Waals surface area contributed by atoms with Gasteiger partial charge in [0.15, 0.2) is 0 Å². The van der Waals surface area contributed by atoms with Crippen molar-refractivity contribution in [2.75, 3.05) is 0 Å². The molecule has 4 heteroatoms. The molecule has 0 aliphatic heterocycles. The first-order chi connectivity index (χ1) is 12.6. The Morgan fingerprint density at radius 2 is 1.35 bits per heavy atom. The first-order valence-electron chi connectivity index (χ1n) is 9.10. The van der Waals surface area contributed by atoms with Crippen LogP contribution in [0.5, 0.6) is 0 Å². The van der Waals surface area contributed by atoms with Gasteiger partial charge in [-0.1, -0.05) is 79.8 Å². The van der Waals surface area contributed by atoms with Gasteiger partial charge in [0.05, 0.1) is 12.2 Å². The molecule has 0 aliphatic rings. The summed E-state index contributed by atoms with van der Waals surface area (Å²) in [5, 5.41) is 28.0. The smallest absolute Gasteiger partial charge is 0.303 e. The summed E-state index contributed by atoms with van der Waals surface area (Å²) in [7, 11) is 0. The van der Waals surface area contributed by atoms with E-state index in [0.29, 0.717) is 19.3 Å². The van der Waals surface area contributed by atoms with Crippen LogP contribution in [-0.4, -0.2) is 33.5 Å². The summed E-state index contributed by atoms with van der Waals surface area (Å²) in [5.74, 6) is -0.821. The van der Waals surface area contributed by atoms with Crippen molar-refractivity contribution in [3.05, 3.63) is 72.9 Å². The lowest BCUT2D eigenvalue weighted by atomic mass is 10.2. The van der Waals surface area contributed by atoms with E-state index in [9.17, 15) is 15.0 Å². The molecule has 0 aromatic heterocycles. The maximum Gasteiger partial charge on any atom is 0.303 e. The number of carboxylic acids is 1. The monoisotopic (exact) mass is 360 g/mol. The Kier molecular flexibility index (Phi) is 16.2. The maximum atomic E-state index is 10.3. The van der Waals surface area contributed by atoms with E-state index in [0.717, 1.165) is 12.8 Å². The van der Waals surface area contributed by atoms with Crippen LogP contribution < -0.4 is 0 Å². The molecule has 0 heterocycles. The van der Waals surface area contributed by atoms with Gasteiger partial charge in [-0.05, 0) is 32.1 Å². The molecule has 0 aromatic rings. The van der Waals surface area contributed by atoms with Gasteiger partial charge in [0.1, 0.15) is 0 Å². The molecule has 2 atom stereocenters. The average molecular weight is 360 g/mol. The highest BCUT2D eigenvalue weighted by Gasteiger charge is 1.95. The first-order valence-corrected chi connectivity index (χ1v) is 9.10. The largest absolute Gasteiger partial charge is 0.481 e. The maximum absolute atomic E-state index is 10.3. The van der Waals surface area contributed by atoms with Crippen molar-refractivity contribution in [3.8, 4) is 0 Å². The first kappa shape index (κ1) is 23.8. The second kappa shape index (κ2) is 17.6. The zero-order valence-corrected chi connectivity index (χ0v) is 15.6. The summed E-state index contributed by atoms with van der Waals surface area (Å²) in [6, 6.07) is 0. The highest BCUT2D eigenvalue weighted by atomic mass is 16.4. The van der Waals surface area contributed by atoms with Crippen molar-refractivity contribution in [1.82, 2.24) is 0 Å². The van der Waals surface area contributed by atoms with Gasteiger partial charge in [-0.25, -0.2) is 0 Å². The van der Waals surface area contributed by atoms with Crippen LogP contribution in [0, 0.1) is 0 Å². The number of allylic oxidation sites excluding steroid dienone is 8. The summed E-state index contributed by atoms with van der Waals surface area (Å²) >= 11 is 0. The summed E-state index contributed by atoms with van der Waals surface area (Å²) in [6.07, 6.45) is 24.7. The predicted octanol–water partition coefficient (Wildman–Crippen LogP) is 4.49. The number of aliphatic carboxylic acids is 1. The van der Waals surface area contributed by atoms with E-state index in [4.69, 9.17) is 5.11 Å². The van der Waals surface area contributed by atoms with Crippen LogP contribution in [0.4, 0.5) is 0 Å². The van der Waals surface area contributed by atoms with E-state index < -0.39 is 18.2 Å². The van der Waals surface area contributed by atoms with Crippen molar-refractivity contribution in [2.45, 2.75) is 57.7 Å². The molecule has 4 nitrogen and oxygen atoms in total. The Hall–Kier alpha value is -2.17. The van der Waals surface area contributed by atoms with E-state index in [2.05, 4.69) is 19.1 Å². The second-order valence-corrected chi connectivity index (χ2v) is 5.75. The minimum absolute atomic E-state index is 0.106. The van der Waals surface area contributed by atoms with Crippen LogP contribution in [0.15, 0.2) is 72.9 Å². The van der Waals surface area contributed by atoms with Gasteiger partial charge in [-0.3, -0.25) is 4.79 Å². The molecule has 0 amide bonds. The third-order valence-corrected chi connectivity index (χ3v) is 3.29. The summed E-state index contributed by atoms with van der Waals surface area (Å²) in [4.78, 5) is 10.3. The van der Waals surface area contributed by atoms with E-state index in [1.807, 2.05) is 12.2 Å². The van der Waals surface area contributed by atoms with E-state index in [-0.39, 0.29) is 6.42 Å². The molecule has 144 valence electrons. The van der Waals surface area contributed by atoms with Gasteiger partial charge >= 0.3 is 5.97 Å². The van der Waals surface area contributed by atoms with E-state index >= 15 is 0 Å². The third kappa shape index (κ3) is 18.2. The fourth-order valence-corrected chi connectivity index (χ4v) is 1.90. The van der Waals surface area contributed by atoms with Crippen molar-refractivity contribution in [1.29, 1.82) is 0 Å². The molecule has 0 unspecified atom stereocenters. The molecule has 3 N–H and O–H groups in total. The van der Waals surface area contributed by atoms with Crippen LogP contribution in [0.3, 0.4) is 0 Å². The van der Waals surface area contributed by atoms with E-state index in [1.165, 1.54) is 0 Å². The number of rotatable bonds is 14. The van der Waals surface area contributed by atoms with E-state index in [1.54, 1.807) is 48.6 Å². The van der Waals surface area contributed by atoms with Crippen LogP contribution in [0.2, 0.25) is 0 Å². The minimum Gasteiger partial charge on any atom is -0.481 e. The quantitative estimate of drug-likeness (QED) is 0.315. The molecule has 0 fully saturated rings. The lowest BCUT2D eigenvalue weighted by molar-refractivity contribution is -0.136. The Balaban J connectivity index is 3.91. The number of carboxylic acid groups (broad SMARTS) is 1. The molecular weight excluding hydrogens is 328 g/mol. The van der Waals surface area contributed by atoms with Crippen LogP contribution in [0.1, 0.15) is 45.4 Å². The third-order valence-electron chi connectivity index (χ3n) is 3.29. The summed E-state index contributed by atoms with van der Waals surface area (Å²) < 4.78 is 0. The molecule has 26 heavy (non-hydrogen) atoms. The van der Waals surface area contributed by atoms with Crippen molar-refractivity contribution < 1.29 is 20.1 Å². The fourth-order valence-electron chi connectivity index (χ4n) is 1.90. The number of hydrogen-bond acceptors (Lipinski definition) is 3. The molecule has 0 radical (unpaired) electrons. The van der Waals surface area contributed by atoms with Crippen molar-refractivity contribution in [2.24, 2.45) is 0 Å². The predicted molar refractivity (Wildman–Crippen MR) is 108 cm³/mol. The van der Waals surface area contributed by atoms with Crippen LogP contribution in [-0.2, 0) is 4.79 Å². The van der Waals surface area contributed by atoms with Gasteiger partial charge in [0, 0.05) is 6.42 Å². The fraction of sp³-hybridized carbons (Fsp3) is 0.409. The topological polar surface area (TPSA) is 77.8 Å². The Labute approximate surface area is 157 Å². The Bertz CT molecular complexity index is 524. The Morgan fingerprint density at radius 3 is 1.88 bits per heavy atom. The average Bonchev–Trinajstić information content (AvgIpc) is 2.60. The molecule has 0 spiro atoms. The number of hydrogen-bond donors (Lipinski definition) is 3. The standard InChI is InChI=1S/C22H32O4/c1-2-3-4-5-6-10-15-20(23)16-11-7-8-12-17-21(24)18-13-9-14-19-22(25)26/h3-4,6-13,16-17,20-21,23-24H,2,5,14-15,18-19H2,1H3,(H,25,26)/b4-3-,8-7+,10-6-,13-9-,16-11-,17-12+/t20-,21-/m0/s1. The van der Waals surface area contributed by atoms with Gasteiger partial charge in [-0.2, -0.15) is 0 Å².